The Morgan fingerprint density at radius 3 is 2.87 bits per heavy atom. The van der Waals surface area contributed by atoms with Crippen molar-refractivity contribution < 1.29 is 4.79 Å². The molecule has 2 aliphatic heterocycles. The first-order valence-electron chi connectivity index (χ1n) is 9.23. The zero-order valence-electron chi connectivity index (χ0n) is 14.8. The second kappa shape index (κ2) is 7.04. The Hall–Kier alpha value is -1.35. The van der Waals surface area contributed by atoms with E-state index >= 15 is 0 Å². The van der Waals surface area contributed by atoms with Gasteiger partial charge >= 0.3 is 0 Å². The van der Waals surface area contributed by atoms with Crippen LogP contribution in [0.25, 0.3) is 0 Å². The number of likely N-dealkylation sites (N-methyl/N-ethyl adjacent to an activating group) is 1. The summed E-state index contributed by atoms with van der Waals surface area (Å²) in [5, 5.41) is 0. The van der Waals surface area contributed by atoms with Crippen LogP contribution in [0.4, 0.5) is 5.69 Å². The number of amides is 1. The average Bonchev–Trinajstić information content (AvgIpc) is 2.84. The van der Waals surface area contributed by atoms with Crippen LogP contribution >= 0.6 is 0 Å². The number of benzene rings is 1. The molecule has 3 nitrogen and oxygen atoms in total. The summed E-state index contributed by atoms with van der Waals surface area (Å²) in [6, 6.07) is 7.00. The minimum Gasteiger partial charge on any atom is -0.308 e. The van der Waals surface area contributed by atoms with Gasteiger partial charge in [0.15, 0.2) is 0 Å². The van der Waals surface area contributed by atoms with Crippen molar-refractivity contribution in [2.75, 3.05) is 25.0 Å². The maximum atomic E-state index is 12.9. The number of unbranched alkanes of at least 4 members (excludes halogenated alkanes) is 3. The van der Waals surface area contributed by atoms with Crippen LogP contribution in [0, 0.1) is 6.92 Å². The molecule has 1 fully saturated rings. The van der Waals surface area contributed by atoms with Crippen molar-refractivity contribution in [3.05, 3.63) is 29.3 Å². The number of anilines is 1. The first-order chi connectivity index (χ1) is 11.1. The summed E-state index contributed by atoms with van der Waals surface area (Å²) in [6.45, 7) is 6.52. The van der Waals surface area contributed by atoms with Gasteiger partial charge in [-0.15, -0.1) is 0 Å². The number of fused-ring (bicyclic) bond motifs is 3. The fourth-order valence-corrected chi connectivity index (χ4v) is 4.23. The lowest BCUT2D eigenvalue weighted by atomic mass is 9.89. The van der Waals surface area contributed by atoms with Crippen LogP contribution in [0.2, 0.25) is 0 Å². The number of aryl methyl sites for hydroxylation is 1. The van der Waals surface area contributed by atoms with E-state index in [0.29, 0.717) is 24.3 Å². The van der Waals surface area contributed by atoms with Crippen molar-refractivity contribution in [3.63, 3.8) is 0 Å². The molecule has 2 heterocycles. The van der Waals surface area contributed by atoms with E-state index in [1.165, 1.54) is 36.1 Å². The highest BCUT2D eigenvalue weighted by Gasteiger charge is 2.43. The average molecular weight is 314 g/mol. The van der Waals surface area contributed by atoms with Gasteiger partial charge in [0.05, 0.1) is 0 Å². The summed E-state index contributed by atoms with van der Waals surface area (Å²) in [4.78, 5) is 17.5. The highest BCUT2D eigenvalue weighted by Crippen LogP contribution is 2.45. The zero-order chi connectivity index (χ0) is 16.4. The molecule has 0 bridgehead atoms. The number of nitrogens with zero attached hydrogens (tertiary/aromatic N) is 2. The van der Waals surface area contributed by atoms with E-state index in [1.807, 2.05) is 0 Å². The molecule has 1 aromatic carbocycles. The molecule has 0 saturated carbocycles. The third kappa shape index (κ3) is 3.30. The summed E-state index contributed by atoms with van der Waals surface area (Å²) >= 11 is 0. The summed E-state index contributed by atoms with van der Waals surface area (Å²) in [7, 11) is 2.20. The molecule has 0 unspecified atom stereocenters. The Kier molecular flexibility index (Phi) is 5.05. The van der Waals surface area contributed by atoms with Gasteiger partial charge in [-0.1, -0.05) is 43.9 Å². The van der Waals surface area contributed by atoms with Gasteiger partial charge in [-0.2, -0.15) is 0 Å². The third-order valence-corrected chi connectivity index (χ3v) is 5.47. The lowest BCUT2D eigenvalue weighted by Gasteiger charge is -2.36. The first-order valence-corrected chi connectivity index (χ1v) is 9.23. The number of carbonyl (C=O) groups excluding carboxylic acids is 1. The van der Waals surface area contributed by atoms with Crippen molar-refractivity contribution in [1.29, 1.82) is 0 Å². The minimum atomic E-state index is 0.336. The Labute approximate surface area is 140 Å². The Bertz CT molecular complexity index is 569. The molecular weight excluding hydrogens is 284 g/mol. The number of piperidine rings is 1. The van der Waals surface area contributed by atoms with E-state index in [1.54, 1.807) is 0 Å². The summed E-state index contributed by atoms with van der Waals surface area (Å²) < 4.78 is 0. The van der Waals surface area contributed by atoms with Gasteiger partial charge in [0, 0.05) is 30.6 Å². The number of likely N-dealkylation sites (tertiary alicyclic amines) is 1. The zero-order valence-corrected chi connectivity index (χ0v) is 14.8. The predicted molar refractivity (Wildman–Crippen MR) is 96.1 cm³/mol. The molecule has 0 aliphatic carbocycles. The number of hydrogen-bond donors (Lipinski definition) is 0. The Morgan fingerprint density at radius 2 is 2.09 bits per heavy atom. The second-order valence-electron chi connectivity index (χ2n) is 7.36. The van der Waals surface area contributed by atoms with Crippen LogP contribution in [-0.4, -0.2) is 37.0 Å². The number of hydrogen-bond acceptors (Lipinski definition) is 2. The van der Waals surface area contributed by atoms with Crippen molar-refractivity contribution in [1.82, 2.24) is 4.90 Å². The van der Waals surface area contributed by atoms with E-state index in [4.69, 9.17) is 0 Å². The molecule has 1 saturated heterocycles. The quantitative estimate of drug-likeness (QED) is 0.764. The molecule has 0 N–H and O–H groups in total. The second-order valence-corrected chi connectivity index (χ2v) is 7.36. The SMILES string of the molecule is CCCCCCC(=O)N1c2ccc(C)cc2[C@H]2CN(C)CC[C@H]21. The van der Waals surface area contributed by atoms with Crippen LogP contribution in [0.3, 0.4) is 0 Å². The van der Waals surface area contributed by atoms with E-state index in [2.05, 4.69) is 48.9 Å². The van der Waals surface area contributed by atoms with Gasteiger partial charge in [-0.25, -0.2) is 0 Å². The standard InChI is InChI=1S/C20H30N2O/c1-4-5-6-7-8-20(23)22-18-10-9-15(2)13-16(18)17-14-21(3)12-11-19(17)22/h9-10,13,17,19H,4-8,11-12,14H2,1-3H3/t17-,19-/m1/s1. The maximum absolute atomic E-state index is 12.9. The van der Waals surface area contributed by atoms with Crippen LogP contribution < -0.4 is 4.90 Å². The first kappa shape index (κ1) is 16.5. The largest absolute Gasteiger partial charge is 0.308 e. The van der Waals surface area contributed by atoms with Crippen molar-refractivity contribution in [3.8, 4) is 0 Å². The molecule has 1 aromatic rings. The van der Waals surface area contributed by atoms with Gasteiger partial charge in [-0.3, -0.25) is 4.79 Å². The number of rotatable bonds is 5. The molecule has 0 radical (unpaired) electrons. The van der Waals surface area contributed by atoms with Gasteiger partial charge < -0.3 is 9.80 Å². The normalized spacial score (nSPS) is 23.7. The molecule has 2 atom stereocenters. The van der Waals surface area contributed by atoms with Gasteiger partial charge in [0.25, 0.3) is 0 Å². The third-order valence-electron chi connectivity index (χ3n) is 5.47. The van der Waals surface area contributed by atoms with Crippen molar-refractivity contribution in [2.45, 2.75) is 64.3 Å². The molecule has 0 aromatic heterocycles. The summed E-state index contributed by atoms with van der Waals surface area (Å²) in [5.74, 6) is 0.825. The van der Waals surface area contributed by atoms with Crippen LogP contribution in [0.1, 0.15) is 62.5 Å². The van der Waals surface area contributed by atoms with Crippen molar-refractivity contribution >= 4 is 11.6 Å². The summed E-state index contributed by atoms with van der Waals surface area (Å²) in [6.07, 6.45) is 6.45. The molecule has 3 heteroatoms. The van der Waals surface area contributed by atoms with Crippen LogP contribution in [0.15, 0.2) is 18.2 Å². The van der Waals surface area contributed by atoms with Gasteiger partial charge in [0.2, 0.25) is 5.91 Å². The highest BCUT2D eigenvalue weighted by atomic mass is 16.2. The van der Waals surface area contributed by atoms with E-state index in [0.717, 1.165) is 25.9 Å². The van der Waals surface area contributed by atoms with E-state index in [-0.39, 0.29) is 0 Å². The topological polar surface area (TPSA) is 23.6 Å². The van der Waals surface area contributed by atoms with Crippen molar-refractivity contribution in [2.24, 2.45) is 0 Å². The Morgan fingerprint density at radius 1 is 1.26 bits per heavy atom. The van der Waals surface area contributed by atoms with E-state index < -0.39 is 0 Å². The predicted octanol–water partition coefficient (Wildman–Crippen LogP) is 4.10. The fourth-order valence-electron chi connectivity index (χ4n) is 4.23. The molecule has 1 amide bonds. The molecule has 23 heavy (non-hydrogen) atoms. The molecule has 3 rings (SSSR count). The molecule has 0 spiro atoms. The molecular formula is C20H30N2O. The summed E-state index contributed by atoms with van der Waals surface area (Å²) in [5.41, 5.74) is 3.87. The highest BCUT2D eigenvalue weighted by molar-refractivity contribution is 5.96. The lowest BCUT2D eigenvalue weighted by molar-refractivity contribution is -0.119. The Balaban J connectivity index is 1.81. The molecule has 126 valence electrons. The fraction of sp³-hybridized carbons (Fsp3) is 0.650. The van der Waals surface area contributed by atoms with E-state index in [9.17, 15) is 4.79 Å². The monoisotopic (exact) mass is 314 g/mol. The minimum absolute atomic E-state index is 0.336. The number of carbonyl (C=O) groups is 1. The smallest absolute Gasteiger partial charge is 0.227 e. The van der Waals surface area contributed by atoms with Crippen LogP contribution in [0.5, 0.6) is 0 Å². The molecule has 2 aliphatic rings. The van der Waals surface area contributed by atoms with Crippen LogP contribution in [-0.2, 0) is 4.79 Å². The van der Waals surface area contributed by atoms with Gasteiger partial charge in [0.1, 0.15) is 0 Å². The van der Waals surface area contributed by atoms with Gasteiger partial charge in [-0.05, 0) is 45.0 Å². The maximum Gasteiger partial charge on any atom is 0.227 e. The lowest BCUT2D eigenvalue weighted by Crippen LogP contribution is -2.47.